The number of nitrogens with zero attached hydrogens (tertiary/aromatic N) is 2. The van der Waals surface area contributed by atoms with Crippen LogP contribution in [0.4, 0.5) is 18.9 Å². The molecule has 1 heterocycles. The third kappa shape index (κ3) is 6.80. The summed E-state index contributed by atoms with van der Waals surface area (Å²) in [5.74, 6) is -0.493. The van der Waals surface area contributed by atoms with Gasteiger partial charge in [0.15, 0.2) is 0 Å². The van der Waals surface area contributed by atoms with Gasteiger partial charge in [-0.3, -0.25) is 19.4 Å². The minimum atomic E-state index is -4.33. The average Bonchev–Trinajstić information content (AvgIpc) is 2.80. The number of carbonyl (C=O) groups is 2. The summed E-state index contributed by atoms with van der Waals surface area (Å²) in [6, 6.07) is 10.6. The molecule has 1 fully saturated rings. The Bertz CT molecular complexity index is 980. The van der Waals surface area contributed by atoms with Crippen LogP contribution < -0.4 is 10.6 Å². The number of benzene rings is 2. The molecule has 2 aromatic rings. The first-order chi connectivity index (χ1) is 16.0. The van der Waals surface area contributed by atoms with Crippen LogP contribution in [-0.4, -0.2) is 60.4 Å². The van der Waals surface area contributed by atoms with Crippen molar-refractivity contribution in [3.63, 3.8) is 0 Å². The molecule has 3 rings (SSSR count). The van der Waals surface area contributed by atoms with Gasteiger partial charge in [-0.2, -0.15) is 13.2 Å². The summed E-state index contributed by atoms with van der Waals surface area (Å²) in [6.45, 7) is 8.81. The molecule has 0 bridgehead atoms. The van der Waals surface area contributed by atoms with E-state index < -0.39 is 11.7 Å². The Balaban J connectivity index is 1.42. The number of aryl methyl sites for hydroxylation is 2. The van der Waals surface area contributed by atoms with Crippen molar-refractivity contribution in [3.05, 3.63) is 64.7 Å². The summed E-state index contributed by atoms with van der Waals surface area (Å²) >= 11 is 0. The number of hydrogen-bond donors (Lipinski definition) is 2. The summed E-state index contributed by atoms with van der Waals surface area (Å²) in [6.07, 6.45) is -4.33. The molecule has 184 valence electrons. The molecule has 0 aromatic heterocycles. The lowest BCUT2D eigenvalue weighted by Crippen LogP contribution is -2.54. The van der Waals surface area contributed by atoms with Crippen LogP contribution in [0.25, 0.3) is 0 Å². The molecule has 0 spiro atoms. The van der Waals surface area contributed by atoms with Crippen LogP contribution in [0.15, 0.2) is 42.5 Å². The Hall–Kier alpha value is -2.91. The lowest BCUT2D eigenvalue weighted by molar-refractivity contribution is -0.137. The zero-order valence-corrected chi connectivity index (χ0v) is 19.7. The van der Waals surface area contributed by atoms with Gasteiger partial charge in [-0.1, -0.05) is 30.3 Å². The summed E-state index contributed by atoms with van der Waals surface area (Å²) < 4.78 is 38.2. The van der Waals surface area contributed by atoms with Crippen molar-refractivity contribution in [1.82, 2.24) is 15.1 Å². The van der Waals surface area contributed by atoms with E-state index >= 15 is 0 Å². The summed E-state index contributed by atoms with van der Waals surface area (Å²) in [4.78, 5) is 29.1. The second kappa shape index (κ2) is 11.0. The Kier molecular flexibility index (Phi) is 8.33. The van der Waals surface area contributed by atoms with E-state index in [0.717, 1.165) is 34.5 Å². The van der Waals surface area contributed by atoms with Gasteiger partial charge in [0.2, 0.25) is 11.8 Å². The molecule has 1 atom stereocenters. The molecule has 1 saturated heterocycles. The SMILES string of the molecule is Cc1cccc(C)c1NC(=O)CNC(=O)C(C)N1CCN(Cc2ccc(C(F)(F)F)cc2)CC1. The normalized spacial score (nSPS) is 16.2. The first kappa shape index (κ1) is 25.7. The fraction of sp³-hybridized carbons (Fsp3) is 0.440. The van der Waals surface area contributed by atoms with Crippen molar-refractivity contribution >= 4 is 17.5 Å². The molecular formula is C25H31F3N4O2. The van der Waals surface area contributed by atoms with Gasteiger partial charge in [-0.25, -0.2) is 0 Å². The van der Waals surface area contributed by atoms with Gasteiger partial charge < -0.3 is 10.6 Å². The number of carbonyl (C=O) groups excluding carboxylic acids is 2. The first-order valence-corrected chi connectivity index (χ1v) is 11.3. The van der Waals surface area contributed by atoms with Crippen molar-refractivity contribution in [2.24, 2.45) is 0 Å². The van der Waals surface area contributed by atoms with E-state index in [9.17, 15) is 22.8 Å². The predicted molar refractivity (Wildman–Crippen MR) is 125 cm³/mol. The van der Waals surface area contributed by atoms with Crippen molar-refractivity contribution in [2.45, 2.75) is 39.5 Å². The van der Waals surface area contributed by atoms with E-state index in [1.54, 1.807) is 0 Å². The van der Waals surface area contributed by atoms with Gasteiger partial charge in [0.1, 0.15) is 0 Å². The van der Waals surface area contributed by atoms with Crippen LogP contribution >= 0.6 is 0 Å². The minimum Gasteiger partial charge on any atom is -0.346 e. The molecule has 0 radical (unpaired) electrons. The maximum Gasteiger partial charge on any atom is 0.416 e. The van der Waals surface area contributed by atoms with Crippen LogP contribution in [0.1, 0.15) is 29.2 Å². The number of amides is 2. The predicted octanol–water partition coefficient (Wildman–Crippen LogP) is 3.58. The van der Waals surface area contributed by atoms with Crippen LogP contribution in [0.3, 0.4) is 0 Å². The zero-order valence-electron chi connectivity index (χ0n) is 19.7. The van der Waals surface area contributed by atoms with Gasteiger partial charge in [0, 0.05) is 38.4 Å². The van der Waals surface area contributed by atoms with Crippen LogP contribution in [0.2, 0.25) is 0 Å². The maximum atomic E-state index is 12.7. The quantitative estimate of drug-likeness (QED) is 0.641. The van der Waals surface area contributed by atoms with Crippen LogP contribution in [0, 0.1) is 13.8 Å². The Labute approximate surface area is 198 Å². The second-order valence-corrected chi connectivity index (χ2v) is 8.72. The number of piperazine rings is 1. The molecule has 0 aliphatic carbocycles. The largest absolute Gasteiger partial charge is 0.416 e. The molecule has 1 aliphatic heterocycles. The summed E-state index contributed by atoms with van der Waals surface area (Å²) in [5, 5.41) is 5.57. The lowest BCUT2D eigenvalue weighted by atomic mass is 10.1. The fourth-order valence-corrected chi connectivity index (χ4v) is 4.04. The van der Waals surface area contributed by atoms with Gasteiger partial charge in [0.25, 0.3) is 0 Å². The molecule has 9 heteroatoms. The van der Waals surface area contributed by atoms with Gasteiger partial charge in [-0.15, -0.1) is 0 Å². The van der Waals surface area contributed by atoms with Gasteiger partial charge >= 0.3 is 6.18 Å². The van der Waals surface area contributed by atoms with E-state index in [-0.39, 0.29) is 24.4 Å². The molecular weight excluding hydrogens is 445 g/mol. The van der Waals surface area contributed by atoms with E-state index in [2.05, 4.69) is 15.5 Å². The molecule has 6 nitrogen and oxygen atoms in total. The smallest absolute Gasteiger partial charge is 0.346 e. The standard InChI is InChI=1S/C25H31F3N4O2/c1-17-5-4-6-18(2)23(17)30-22(33)15-29-24(34)19(3)32-13-11-31(12-14-32)16-20-7-9-21(10-8-20)25(26,27)28/h4-10,19H,11-16H2,1-3H3,(H,29,34)(H,30,33). The van der Waals surface area contributed by atoms with E-state index in [1.165, 1.54) is 12.1 Å². The number of nitrogens with one attached hydrogen (secondary N) is 2. The maximum absolute atomic E-state index is 12.7. The highest BCUT2D eigenvalue weighted by atomic mass is 19.4. The minimum absolute atomic E-state index is 0.106. The third-order valence-corrected chi connectivity index (χ3v) is 6.19. The highest BCUT2D eigenvalue weighted by molar-refractivity contribution is 5.96. The Morgan fingerprint density at radius 1 is 0.971 bits per heavy atom. The summed E-state index contributed by atoms with van der Waals surface area (Å²) in [7, 11) is 0. The molecule has 2 aromatic carbocycles. The number of alkyl halides is 3. The van der Waals surface area contributed by atoms with Crippen molar-refractivity contribution in [3.8, 4) is 0 Å². The Morgan fingerprint density at radius 2 is 1.56 bits per heavy atom. The molecule has 2 N–H and O–H groups in total. The number of para-hydroxylation sites is 1. The molecule has 34 heavy (non-hydrogen) atoms. The van der Waals surface area contributed by atoms with E-state index in [4.69, 9.17) is 0 Å². The number of rotatable bonds is 7. The first-order valence-electron chi connectivity index (χ1n) is 11.3. The van der Waals surface area contributed by atoms with E-state index in [1.807, 2.05) is 43.9 Å². The monoisotopic (exact) mass is 476 g/mol. The zero-order chi connectivity index (χ0) is 24.9. The number of halogens is 3. The lowest BCUT2D eigenvalue weighted by Gasteiger charge is -2.37. The fourth-order valence-electron chi connectivity index (χ4n) is 4.04. The third-order valence-electron chi connectivity index (χ3n) is 6.19. The van der Waals surface area contributed by atoms with Gasteiger partial charge in [0.05, 0.1) is 18.2 Å². The van der Waals surface area contributed by atoms with Crippen molar-refractivity contribution < 1.29 is 22.8 Å². The molecule has 0 saturated carbocycles. The molecule has 1 unspecified atom stereocenters. The van der Waals surface area contributed by atoms with Crippen LogP contribution in [0.5, 0.6) is 0 Å². The highest BCUT2D eigenvalue weighted by Crippen LogP contribution is 2.29. The highest BCUT2D eigenvalue weighted by Gasteiger charge is 2.30. The van der Waals surface area contributed by atoms with Crippen molar-refractivity contribution in [2.75, 3.05) is 38.0 Å². The summed E-state index contributed by atoms with van der Waals surface area (Å²) in [5.41, 5.74) is 2.86. The molecule has 1 aliphatic rings. The van der Waals surface area contributed by atoms with Gasteiger partial charge in [-0.05, 0) is 49.6 Å². The van der Waals surface area contributed by atoms with Crippen LogP contribution in [-0.2, 0) is 22.3 Å². The topological polar surface area (TPSA) is 64.7 Å². The molecule has 2 amide bonds. The number of hydrogen-bond acceptors (Lipinski definition) is 4. The van der Waals surface area contributed by atoms with E-state index in [0.29, 0.717) is 32.7 Å². The number of anilines is 1. The average molecular weight is 477 g/mol. The second-order valence-electron chi connectivity index (χ2n) is 8.72. The van der Waals surface area contributed by atoms with Crippen molar-refractivity contribution in [1.29, 1.82) is 0 Å². The Morgan fingerprint density at radius 3 is 2.12 bits per heavy atom.